The molecule has 1 rings (SSSR count). The molecule has 0 heterocycles. The molecule has 1 aromatic carbocycles. The van der Waals surface area contributed by atoms with Gasteiger partial charge in [0, 0.05) is 31.9 Å². The fourth-order valence-electron chi connectivity index (χ4n) is 1.35. The number of carbonyl (C=O) groups is 1. The second-order valence-electron chi connectivity index (χ2n) is 3.78. The van der Waals surface area contributed by atoms with Crippen molar-refractivity contribution in [2.45, 2.75) is 20.3 Å². The van der Waals surface area contributed by atoms with Gasteiger partial charge in [-0.2, -0.15) is 0 Å². The summed E-state index contributed by atoms with van der Waals surface area (Å²) in [4.78, 5) is 17.3. The number of hydrogen-bond donors (Lipinski definition) is 1. The van der Waals surface area contributed by atoms with Crippen LogP contribution >= 0.6 is 12.4 Å². The van der Waals surface area contributed by atoms with E-state index < -0.39 is 0 Å². The molecule has 1 N–H and O–H groups in total. The highest BCUT2D eigenvalue weighted by Crippen LogP contribution is 2.17. The molecule has 0 atom stereocenters. The third kappa shape index (κ3) is 4.37. The predicted molar refractivity (Wildman–Crippen MR) is 80.0 cm³/mol. The van der Waals surface area contributed by atoms with Crippen LogP contribution in [0.5, 0.6) is 0 Å². The number of amidine groups is 1. The molecule has 1 aromatic rings. The number of rotatable bonds is 3. The number of halogens is 1. The Bertz CT molecular complexity index is 415. The molecule has 0 aliphatic heterocycles. The molecule has 0 unspecified atom stereocenters. The largest absolute Gasteiger partial charge is 0.334 e. The molecule has 18 heavy (non-hydrogen) atoms. The van der Waals surface area contributed by atoms with E-state index >= 15 is 0 Å². The molecule has 0 fully saturated rings. The zero-order valence-corrected chi connectivity index (χ0v) is 12.0. The second-order valence-corrected chi connectivity index (χ2v) is 3.78. The zero-order chi connectivity index (χ0) is 12.8. The maximum absolute atomic E-state index is 11.2. The van der Waals surface area contributed by atoms with Crippen LogP contribution in [-0.2, 0) is 4.79 Å². The summed E-state index contributed by atoms with van der Waals surface area (Å²) in [6.07, 6.45) is 0.489. The fraction of sp³-hybridized carbons (Fsp3) is 0.385. The van der Waals surface area contributed by atoms with Crippen molar-refractivity contribution in [2.75, 3.05) is 24.3 Å². The van der Waals surface area contributed by atoms with Crippen molar-refractivity contribution in [3.05, 3.63) is 24.3 Å². The first kappa shape index (κ1) is 16.4. The van der Waals surface area contributed by atoms with Gasteiger partial charge in [-0.05, 0) is 31.2 Å². The van der Waals surface area contributed by atoms with Crippen molar-refractivity contribution < 1.29 is 4.79 Å². The standard InChI is InChI=1S/C13H19N3O.ClH/c1-5-13(17)15-11-6-8-12(9-7-11)16(4)10(2)14-3;/h6-9H,5H2,1-4H3,(H,15,17);1H. The van der Waals surface area contributed by atoms with Gasteiger partial charge < -0.3 is 10.2 Å². The van der Waals surface area contributed by atoms with E-state index in [9.17, 15) is 4.79 Å². The summed E-state index contributed by atoms with van der Waals surface area (Å²) < 4.78 is 0. The summed E-state index contributed by atoms with van der Waals surface area (Å²) in [7, 11) is 3.73. The lowest BCUT2D eigenvalue weighted by Crippen LogP contribution is -2.23. The third-order valence-corrected chi connectivity index (χ3v) is 2.67. The van der Waals surface area contributed by atoms with E-state index in [0.29, 0.717) is 6.42 Å². The Morgan fingerprint density at radius 2 is 1.89 bits per heavy atom. The van der Waals surface area contributed by atoms with E-state index in [-0.39, 0.29) is 18.3 Å². The number of aliphatic imine (C=N–C) groups is 1. The van der Waals surface area contributed by atoms with Crippen molar-refractivity contribution in [3.8, 4) is 0 Å². The summed E-state index contributed by atoms with van der Waals surface area (Å²) in [6, 6.07) is 7.70. The van der Waals surface area contributed by atoms with E-state index in [1.165, 1.54) is 0 Å². The van der Waals surface area contributed by atoms with Crippen molar-refractivity contribution in [1.82, 2.24) is 0 Å². The summed E-state index contributed by atoms with van der Waals surface area (Å²) in [5.41, 5.74) is 1.86. The van der Waals surface area contributed by atoms with Gasteiger partial charge >= 0.3 is 0 Å². The molecule has 0 aromatic heterocycles. The van der Waals surface area contributed by atoms with Crippen LogP contribution in [0.3, 0.4) is 0 Å². The van der Waals surface area contributed by atoms with Crippen LogP contribution in [0, 0.1) is 0 Å². The molecule has 5 heteroatoms. The van der Waals surface area contributed by atoms with E-state index in [1.807, 2.05) is 50.1 Å². The number of amides is 1. The first-order valence-electron chi connectivity index (χ1n) is 5.65. The van der Waals surface area contributed by atoms with E-state index in [0.717, 1.165) is 17.2 Å². The lowest BCUT2D eigenvalue weighted by Gasteiger charge is -2.18. The van der Waals surface area contributed by atoms with Gasteiger partial charge in [0.1, 0.15) is 0 Å². The molecule has 0 aliphatic carbocycles. The van der Waals surface area contributed by atoms with Crippen LogP contribution in [0.15, 0.2) is 29.3 Å². The smallest absolute Gasteiger partial charge is 0.224 e. The molecule has 0 radical (unpaired) electrons. The van der Waals surface area contributed by atoms with Crippen molar-refractivity contribution in [1.29, 1.82) is 0 Å². The SMILES string of the molecule is CCC(=O)Nc1ccc(N(C)C(C)=NC)cc1.Cl. The molecule has 0 saturated carbocycles. The van der Waals surface area contributed by atoms with E-state index in [2.05, 4.69) is 10.3 Å². The van der Waals surface area contributed by atoms with Gasteiger partial charge in [-0.15, -0.1) is 12.4 Å². The number of nitrogens with one attached hydrogen (secondary N) is 1. The number of anilines is 2. The maximum atomic E-state index is 11.2. The molecule has 1 amide bonds. The first-order valence-corrected chi connectivity index (χ1v) is 5.65. The highest BCUT2D eigenvalue weighted by Gasteiger charge is 2.04. The number of hydrogen-bond acceptors (Lipinski definition) is 2. The van der Waals surface area contributed by atoms with Gasteiger partial charge in [-0.1, -0.05) is 6.92 Å². The summed E-state index contributed by atoms with van der Waals surface area (Å²) in [6.45, 7) is 3.78. The number of benzene rings is 1. The van der Waals surface area contributed by atoms with Gasteiger partial charge in [-0.3, -0.25) is 9.79 Å². The van der Waals surface area contributed by atoms with E-state index in [4.69, 9.17) is 0 Å². The highest BCUT2D eigenvalue weighted by molar-refractivity contribution is 5.96. The Hall–Kier alpha value is -1.55. The number of nitrogens with zero attached hydrogens (tertiary/aromatic N) is 2. The third-order valence-electron chi connectivity index (χ3n) is 2.67. The van der Waals surface area contributed by atoms with Crippen LogP contribution < -0.4 is 10.2 Å². The minimum atomic E-state index is 0. The van der Waals surface area contributed by atoms with Crippen LogP contribution in [-0.4, -0.2) is 25.8 Å². The van der Waals surface area contributed by atoms with Crippen LogP contribution in [0.1, 0.15) is 20.3 Å². The van der Waals surface area contributed by atoms with Gasteiger partial charge in [0.05, 0.1) is 5.84 Å². The molecule has 0 aliphatic rings. The molecule has 0 bridgehead atoms. The lowest BCUT2D eigenvalue weighted by molar-refractivity contribution is -0.115. The van der Waals surface area contributed by atoms with Crippen LogP contribution in [0.4, 0.5) is 11.4 Å². The Kier molecular flexibility index (Phi) is 7.05. The quantitative estimate of drug-likeness (QED) is 0.677. The molecule has 0 saturated heterocycles. The summed E-state index contributed by atoms with van der Waals surface area (Å²) in [5, 5.41) is 2.81. The molecular weight excluding hydrogens is 250 g/mol. The minimum absolute atomic E-state index is 0. The Morgan fingerprint density at radius 1 is 1.33 bits per heavy atom. The van der Waals surface area contributed by atoms with Crippen molar-refractivity contribution >= 4 is 35.5 Å². The van der Waals surface area contributed by atoms with Gasteiger partial charge in [0.25, 0.3) is 0 Å². The van der Waals surface area contributed by atoms with Gasteiger partial charge in [0.15, 0.2) is 0 Å². The Labute approximate surface area is 115 Å². The van der Waals surface area contributed by atoms with Crippen molar-refractivity contribution in [3.63, 3.8) is 0 Å². The average molecular weight is 270 g/mol. The van der Waals surface area contributed by atoms with Crippen LogP contribution in [0.2, 0.25) is 0 Å². The van der Waals surface area contributed by atoms with Crippen molar-refractivity contribution in [2.24, 2.45) is 4.99 Å². The molecule has 4 nitrogen and oxygen atoms in total. The number of carbonyl (C=O) groups excluding carboxylic acids is 1. The lowest BCUT2D eigenvalue weighted by atomic mass is 10.2. The fourth-order valence-corrected chi connectivity index (χ4v) is 1.35. The van der Waals surface area contributed by atoms with Gasteiger partial charge in [-0.25, -0.2) is 0 Å². The second kappa shape index (κ2) is 7.71. The molecule has 0 spiro atoms. The Morgan fingerprint density at radius 3 is 2.33 bits per heavy atom. The normalized spacial score (nSPS) is 10.6. The molecule has 100 valence electrons. The van der Waals surface area contributed by atoms with Gasteiger partial charge in [0.2, 0.25) is 5.91 Å². The molecular formula is C13H20ClN3O. The average Bonchev–Trinajstić information content (AvgIpc) is 2.37. The van der Waals surface area contributed by atoms with E-state index in [1.54, 1.807) is 7.05 Å². The maximum Gasteiger partial charge on any atom is 0.224 e. The summed E-state index contributed by atoms with van der Waals surface area (Å²) >= 11 is 0. The van der Waals surface area contributed by atoms with Crippen LogP contribution in [0.25, 0.3) is 0 Å². The topological polar surface area (TPSA) is 44.7 Å². The summed E-state index contributed by atoms with van der Waals surface area (Å²) in [5.74, 6) is 0.966. The zero-order valence-electron chi connectivity index (χ0n) is 11.2. The Balaban J connectivity index is 0.00000289. The predicted octanol–water partition coefficient (Wildman–Crippen LogP) is 2.94. The first-order chi connectivity index (χ1) is 8.08. The highest BCUT2D eigenvalue weighted by atomic mass is 35.5. The minimum Gasteiger partial charge on any atom is -0.334 e. The monoisotopic (exact) mass is 269 g/mol.